The Balaban J connectivity index is 2.57. The van der Waals surface area contributed by atoms with Gasteiger partial charge in [0.1, 0.15) is 11.9 Å². The zero-order valence-electron chi connectivity index (χ0n) is 7.93. The number of fused-ring (bicyclic) bond motifs is 1. The monoisotopic (exact) mass is 207 g/mol. The maximum atomic E-state index is 10.7. The van der Waals surface area contributed by atoms with Crippen molar-refractivity contribution in [2.24, 2.45) is 0 Å². The molecular formula is C9H9N3O3. The molecule has 2 aromatic heterocycles. The standard InChI is InChI=1S/C9H9N3O3/c1-4(13)7-11-6-2-5(9(14)15)3-10-8(6)12-7/h2-4,13H,1H3,(H,14,15)(H,10,11,12). The topological polar surface area (TPSA) is 99.1 Å². The Kier molecular flexibility index (Phi) is 2.12. The number of carbonyl (C=O) groups is 1. The van der Waals surface area contributed by atoms with Gasteiger partial charge in [0.2, 0.25) is 0 Å². The molecule has 0 bridgehead atoms. The molecule has 0 saturated heterocycles. The van der Waals surface area contributed by atoms with Gasteiger partial charge in [0.05, 0.1) is 11.1 Å². The second kappa shape index (κ2) is 3.32. The lowest BCUT2D eigenvalue weighted by molar-refractivity contribution is 0.0696. The van der Waals surface area contributed by atoms with Crippen LogP contribution in [-0.4, -0.2) is 31.1 Å². The summed E-state index contributed by atoms with van der Waals surface area (Å²) in [6, 6.07) is 1.43. The van der Waals surface area contributed by atoms with Crippen molar-refractivity contribution in [2.75, 3.05) is 0 Å². The number of aliphatic hydroxyl groups is 1. The number of rotatable bonds is 2. The van der Waals surface area contributed by atoms with Crippen LogP contribution in [0.15, 0.2) is 12.3 Å². The molecule has 0 fully saturated rings. The zero-order chi connectivity index (χ0) is 11.0. The Hall–Kier alpha value is -1.95. The number of aromatic nitrogens is 3. The Labute approximate surface area is 84.6 Å². The number of carboxylic acid groups (broad SMARTS) is 1. The van der Waals surface area contributed by atoms with Gasteiger partial charge in [0.15, 0.2) is 5.65 Å². The Morgan fingerprint density at radius 3 is 2.93 bits per heavy atom. The number of aromatic amines is 1. The van der Waals surface area contributed by atoms with Gasteiger partial charge in [0.25, 0.3) is 0 Å². The van der Waals surface area contributed by atoms with Crippen molar-refractivity contribution in [1.82, 2.24) is 15.0 Å². The van der Waals surface area contributed by atoms with Gasteiger partial charge in [-0.3, -0.25) is 0 Å². The summed E-state index contributed by atoms with van der Waals surface area (Å²) in [5.41, 5.74) is 0.991. The molecule has 6 heteroatoms. The van der Waals surface area contributed by atoms with Crippen molar-refractivity contribution >= 4 is 17.1 Å². The lowest BCUT2D eigenvalue weighted by Crippen LogP contribution is -1.96. The summed E-state index contributed by atoms with van der Waals surface area (Å²) >= 11 is 0. The normalized spacial score (nSPS) is 12.9. The van der Waals surface area contributed by atoms with Crippen molar-refractivity contribution in [1.29, 1.82) is 0 Å². The number of carboxylic acids is 1. The van der Waals surface area contributed by atoms with E-state index in [0.717, 1.165) is 0 Å². The molecule has 2 heterocycles. The summed E-state index contributed by atoms with van der Waals surface area (Å²) in [5, 5.41) is 18.0. The Morgan fingerprint density at radius 1 is 1.60 bits per heavy atom. The molecule has 15 heavy (non-hydrogen) atoms. The van der Waals surface area contributed by atoms with Crippen LogP contribution in [0.25, 0.3) is 11.2 Å². The van der Waals surface area contributed by atoms with Crippen LogP contribution in [0.5, 0.6) is 0 Å². The number of nitrogens with one attached hydrogen (secondary N) is 1. The van der Waals surface area contributed by atoms with Crippen LogP contribution in [0.1, 0.15) is 29.2 Å². The molecule has 0 aliphatic carbocycles. The van der Waals surface area contributed by atoms with Gasteiger partial charge in [-0.2, -0.15) is 0 Å². The third-order valence-corrected chi connectivity index (χ3v) is 2.00. The maximum Gasteiger partial charge on any atom is 0.337 e. The van der Waals surface area contributed by atoms with E-state index < -0.39 is 12.1 Å². The second-order valence-electron chi connectivity index (χ2n) is 3.20. The number of hydrogen-bond donors (Lipinski definition) is 3. The van der Waals surface area contributed by atoms with E-state index in [1.807, 2.05) is 0 Å². The molecule has 0 saturated carbocycles. The first-order valence-electron chi connectivity index (χ1n) is 4.35. The van der Waals surface area contributed by atoms with Gasteiger partial charge in [-0.05, 0) is 13.0 Å². The summed E-state index contributed by atoms with van der Waals surface area (Å²) in [6.07, 6.45) is 0.504. The molecule has 3 N–H and O–H groups in total. The van der Waals surface area contributed by atoms with Crippen molar-refractivity contribution < 1.29 is 15.0 Å². The Bertz CT molecular complexity index is 518. The van der Waals surface area contributed by atoms with Crippen LogP contribution in [0.4, 0.5) is 0 Å². The number of H-pyrrole nitrogens is 1. The second-order valence-corrected chi connectivity index (χ2v) is 3.20. The highest BCUT2D eigenvalue weighted by molar-refractivity contribution is 5.90. The number of aliphatic hydroxyl groups excluding tert-OH is 1. The predicted octanol–water partition coefficient (Wildman–Crippen LogP) is 0.709. The van der Waals surface area contributed by atoms with Gasteiger partial charge in [0, 0.05) is 6.20 Å². The molecule has 0 amide bonds. The lowest BCUT2D eigenvalue weighted by atomic mass is 10.3. The van der Waals surface area contributed by atoms with Gasteiger partial charge in [-0.15, -0.1) is 0 Å². The Morgan fingerprint density at radius 2 is 2.33 bits per heavy atom. The minimum absolute atomic E-state index is 0.0864. The molecule has 2 rings (SSSR count). The van der Waals surface area contributed by atoms with Crippen LogP contribution in [0.2, 0.25) is 0 Å². The van der Waals surface area contributed by atoms with Crippen LogP contribution >= 0.6 is 0 Å². The number of aromatic carboxylic acids is 1. The zero-order valence-corrected chi connectivity index (χ0v) is 7.93. The number of pyridine rings is 1. The van der Waals surface area contributed by atoms with Crippen molar-refractivity contribution in [3.05, 3.63) is 23.7 Å². The average molecular weight is 207 g/mol. The van der Waals surface area contributed by atoms with Crippen molar-refractivity contribution in [3.63, 3.8) is 0 Å². The maximum absolute atomic E-state index is 10.7. The fourth-order valence-electron chi connectivity index (χ4n) is 1.23. The van der Waals surface area contributed by atoms with E-state index in [2.05, 4.69) is 15.0 Å². The minimum atomic E-state index is -1.04. The van der Waals surface area contributed by atoms with Crippen LogP contribution < -0.4 is 0 Å². The van der Waals surface area contributed by atoms with Crippen molar-refractivity contribution in [3.8, 4) is 0 Å². The van der Waals surface area contributed by atoms with Crippen LogP contribution in [-0.2, 0) is 0 Å². The fraction of sp³-hybridized carbons (Fsp3) is 0.222. The highest BCUT2D eigenvalue weighted by Gasteiger charge is 2.10. The van der Waals surface area contributed by atoms with E-state index in [0.29, 0.717) is 17.0 Å². The van der Waals surface area contributed by atoms with E-state index in [4.69, 9.17) is 5.11 Å². The van der Waals surface area contributed by atoms with E-state index in [1.165, 1.54) is 12.3 Å². The molecule has 1 atom stereocenters. The largest absolute Gasteiger partial charge is 0.478 e. The summed E-state index contributed by atoms with van der Waals surface area (Å²) < 4.78 is 0. The SMILES string of the molecule is CC(O)c1nc2ncc(C(=O)O)cc2[nH]1. The third kappa shape index (κ3) is 1.66. The third-order valence-electron chi connectivity index (χ3n) is 2.00. The first-order valence-corrected chi connectivity index (χ1v) is 4.35. The van der Waals surface area contributed by atoms with Crippen LogP contribution in [0, 0.1) is 0 Å². The number of hydrogen-bond acceptors (Lipinski definition) is 4. The molecular weight excluding hydrogens is 198 g/mol. The van der Waals surface area contributed by atoms with Crippen molar-refractivity contribution in [2.45, 2.75) is 13.0 Å². The summed E-state index contributed by atoms with van der Waals surface area (Å²) in [6.45, 7) is 1.57. The summed E-state index contributed by atoms with van der Waals surface area (Å²) in [7, 11) is 0. The van der Waals surface area contributed by atoms with E-state index in [9.17, 15) is 9.90 Å². The van der Waals surface area contributed by atoms with Crippen LogP contribution in [0.3, 0.4) is 0 Å². The molecule has 0 spiro atoms. The predicted molar refractivity (Wildman–Crippen MR) is 51.5 cm³/mol. The highest BCUT2D eigenvalue weighted by Crippen LogP contribution is 2.14. The molecule has 78 valence electrons. The number of nitrogens with zero attached hydrogens (tertiary/aromatic N) is 2. The average Bonchev–Trinajstić information content (AvgIpc) is 2.59. The number of imidazole rings is 1. The minimum Gasteiger partial charge on any atom is -0.478 e. The highest BCUT2D eigenvalue weighted by atomic mass is 16.4. The molecule has 0 aliphatic heterocycles. The van der Waals surface area contributed by atoms with E-state index in [-0.39, 0.29) is 5.56 Å². The molecule has 0 aliphatic rings. The molecule has 6 nitrogen and oxygen atoms in total. The fourth-order valence-corrected chi connectivity index (χ4v) is 1.23. The first-order chi connectivity index (χ1) is 7.08. The van der Waals surface area contributed by atoms with E-state index in [1.54, 1.807) is 6.92 Å². The lowest BCUT2D eigenvalue weighted by Gasteiger charge is -1.95. The van der Waals surface area contributed by atoms with Gasteiger partial charge in [-0.1, -0.05) is 0 Å². The van der Waals surface area contributed by atoms with Gasteiger partial charge >= 0.3 is 5.97 Å². The summed E-state index contributed by atoms with van der Waals surface area (Å²) in [5.74, 6) is -0.669. The van der Waals surface area contributed by atoms with Gasteiger partial charge < -0.3 is 15.2 Å². The molecule has 1 unspecified atom stereocenters. The molecule has 0 aromatic carbocycles. The van der Waals surface area contributed by atoms with Gasteiger partial charge in [-0.25, -0.2) is 14.8 Å². The summed E-state index contributed by atoms with van der Waals surface area (Å²) in [4.78, 5) is 21.3. The smallest absolute Gasteiger partial charge is 0.337 e. The van der Waals surface area contributed by atoms with E-state index >= 15 is 0 Å². The molecule has 2 aromatic rings. The quantitative estimate of drug-likeness (QED) is 0.673. The molecule has 0 radical (unpaired) electrons. The first kappa shape index (κ1) is 9.60.